The quantitative estimate of drug-likeness (QED) is 0.796. The van der Waals surface area contributed by atoms with E-state index in [2.05, 4.69) is 10.5 Å². The van der Waals surface area contributed by atoms with Crippen LogP contribution in [0, 0.1) is 6.92 Å². The van der Waals surface area contributed by atoms with E-state index in [0.717, 1.165) is 12.1 Å². The Morgan fingerprint density at radius 2 is 2.13 bits per heavy atom. The van der Waals surface area contributed by atoms with Crippen LogP contribution in [0.3, 0.4) is 0 Å². The van der Waals surface area contributed by atoms with E-state index < -0.39 is 11.7 Å². The van der Waals surface area contributed by atoms with E-state index in [1.54, 1.807) is 19.1 Å². The van der Waals surface area contributed by atoms with Gasteiger partial charge in [-0.1, -0.05) is 23.4 Å². The zero-order valence-corrected chi connectivity index (χ0v) is 13.1. The smallest absolute Gasteiger partial charge is 0.360 e. The van der Waals surface area contributed by atoms with Crippen LogP contribution in [-0.4, -0.2) is 16.8 Å². The molecule has 0 saturated heterocycles. The molecular weight excluding hydrogens is 329 g/mol. The Kier molecular flexibility index (Phi) is 5.70. The van der Waals surface area contributed by atoms with Crippen LogP contribution < -0.4 is 5.32 Å². The molecule has 0 unspecified atom stereocenters. The third-order valence-electron chi connectivity index (χ3n) is 2.89. The van der Waals surface area contributed by atoms with Crippen LogP contribution in [0.25, 0.3) is 0 Å². The summed E-state index contributed by atoms with van der Waals surface area (Å²) in [4.78, 5) is 11.7. The first-order chi connectivity index (χ1) is 10.8. The molecule has 0 bridgehead atoms. The van der Waals surface area contributed by atoms with Gasteiger partial charge in [-0.15, -0.1) is 0 Å². The number of hydrogen-bond acceptors (Lipinski definition) is 4. The van der Waals surface area contributed by atoms with Gasteiger partial charge in [-0.25, -0.2) is 0 Å². The number of amides is 1. The predicted molar refractivity (Wildman–Crippen MR) is 82.1 cm³/mol. The van der Waals surface area contributed by atoms with Gasteiger partial charge in [0.15, 0.2) is 5.82 Å². The number of aromatic nitrogens is 1. The van der Waals surface area contributed by atoms with Crippen LogP contribution in [0.15, 0.2) is 34.9 Å². The fourth-order valence-electron chi connectivity index (χ4n) is 1.82. The highest BCUT2D eigenvalue weighted by Gasteiger charge is 2.30. The van der Waals surface area contributed by atoms with E-state index in [4.69, 9.17) is 4.52 Å². The number of alkyl halides is 3. The molecule has 8 heteroatoms. The number of hydrogen-bond donors (Lipinski definition) is 1. The van der Waals surface area contributed by atoms with Crippen LogP contribution in [-0.2, 0) is 16.7 Å². The Balaban J connectivity index is 1.74. The van der Waals surface area contributed by atoms with E-state index >= 15 is 0 Å². The minimum atomic E-state index is -4.34. The van der Waals surface area contributed by atoms with Crippen molar-refractivity contribution in [2.45, 2.75) is 25.3 Å². The summed E-state index contributed by atoms with van der Waals surface area (Å²) in [6, 6.07) is 6.80. The molecule has 0 aliphatic heterocycles. The highest BCUT2D eigenvalue weighted by Crippen LogP contribution is 2.30. The van der Waals surface area contributed by atoms with Gasteiger partial charge in [0.1, 0.15) is 5.76 Å². The van der Waals surface area contributed by atoms with E-state index in [1.807, 2.05) is 0 Å². The number of carbonyl (C=O) groups excluding carboxylic acids is 1. The highest BCUT2D eigenvalue weighted by atomic mass is 32.2. The van der Waals surface area contributed by atoms with E-state index in [-0.39, 0.29) is 12.3 Å². The van der Waals surface area contributed by atoms with Crippen LogP contribution in [0.2, 0.25) is 0 Å². The molecule has 1 aromatic heterocycles. The third-order valence-corrected chi connectivity index (χ3v) is 3.92. The summed E-state index contributed by atoms with van der Waals surface area (Å²) in [7, 11) is 0. The lowest BCUT2D eigenvalue weighted by Crippen LogP contribution is -2.12. The van der Waals surface area contributed by atoms with Gasteiger partial charge in [-0.2, -0.15) is 24.9 Å². The number of carbonyl (C=O) groups is 1. The summed E-state index contributed by atoms with van der Waals surface area (Å²) >= 11 is 1.40. The SMILES string of the molecule is Cc1cc(NC(=O)CCSCc2cccc(C(F)(F)F)c2)no1. The van der Waals surface area contributed by atoms with Crippen molar-refractivity contribution >= 4 is 23.5 Å². The molecule has 0 radical (unpaired) electrons. The number of anilines is 1. The molecule has 1 heterocycles. The van der Waals surface area contributed by atoms with Crippen LogP contribution in [0.1, 0.15) is 23.3 Å². The summed E-state index contributed by atoms with van der Waals surface area (Å²) in [5.41, 5.74) is -0.0768. The molecule has 0 saturated carbocycles. The molecule has 0 aliphatic rings. The molecule has 0 spiro atoms. The summed E-state index contributed by atoms with van der Waals surface area (Å²) in [6.45, 7) is 1.72. The molecule has 2 aromatic rings. The number of benzene rings is 1. The Morgan fingerprint density at radius 1 is 1.35 bits per heavy atom. The average Bonchev–Trinajstić information content (AvgIpc) is 2.88. The van der Waals surface area contributed by atoms with Crippen molar-refractivity contribution < 1.29 is 22.5 Å². The Labute approximate surface area is 135 Å². The van der Waals surface area contributed by atoms with Crippen molar-refractivity contribution in [3.63, 3.8) is 0 Å². The van der Waals surface area contributed by atoms with E-state index in [0.29, 0.717) is 28.6 Å². The zero-order chi connectivity index (χ0) is 16.9. The number of rotatable bonds is 6. The fraction of sp³-hybridized carbons (Fsp3) is 0.333. The molecular formula is C15H15F3N2O2S. The zero-order valence-electron chi connectivity index (χ0n) is 12.3. The molecule has 1 amide bonds. The van der Waals surface area contributed by atoms with Crippen molar-refractivity contribution in [2.75, 3.05) is 11.1 Å². The van der Waals surface area contributed by atoms with E-state index in [1.165, 1.54) is 17.8 Å². The van der Waals surface area contributed by atoms with Crippen molar-refractivity contribution in [2.24, 2.45) is 0 Å². The maximum absolute atomic E-state index is 12.6. The first-order valence-electron chi connectivity index (χ1n) is 6.81. The van der Waals surface area contributed by atoms with Crippen LogP contribution in [0.5, 0.6) is 0 Å². The number of nitrogens with one attached hydrogen (secondary N) is 1. The molecule has 0 fully saturated rings. The van der Waals surface area contributed by atoms with Gasteiger partial charge in [0.2, 0.25) is 5.91 Å². The van der Waals surface area contributed by atoms with Gasteiger partial charge in [0, 0.05) is 24.0 Å². The predicted octanol–water partition coefficient (Wildman–Crippen LogP) is 4.26. The normalized spacial score (nSPS) is 11.5. The number of halogens is 3. The van der Waals surface area contributed by atoms with Gasteiger partial charge in [-0.3, -0.25) is 4.79 Å². The summed E-state index contributed by atoms with van der Waals surface area (Å²) in [6.07, 6.45) is -4.09. The fourth-order valence-corrected chi connectivity index (χ4v) is 2.71. The van der Waals surface area contributed by atoms with Gasteiger partial charge in [0.05, 0.1) is 5.56 Å². The topological polar surface area (TPSA) is 55.1 Å². The van der Waals surface area contributed by atoms with Crippen LogP contribution >= 0.6 is 11.8 Å². The minimum Gasteiger partial charge on any atom is -0.360 e. The molecule has 1 aromatic carbocycles. The molecule has 0 aliphatic carbocycles. The Morgan fingerprint density at radius 3 is 2.78 bits per heavy atom. The standard InChI is InChI=1S/C15H15F3N2O2S/c1-10-7-13(20-22-10)19-14(21)5-6-23-9-11-3-2-4-12(8-11)15(16,17)18/h2-4,7-8H,5-6,9H2,1H3,(H,19,20,21). The highest BCUT2D eigenvalue weighted by molar-refractivity contribution is 7.98. The number of thioether (sulfide) groups is 1. The number of aryl methyl sites for hydroxylation is 1. The Bertz CT molecular complexity index is 671. The first-order valence-corrected chi connectivity index (χ1v) is 7.97. The molecule has 2 rings (SSSR count). The lowest BCUT2D eigenvalue weighted by Gasteiger charge is -2.08. The minimum absolute atomic E-state index is 0.213. The van der Waals surface area contributed by atoms with Gasteiger partial charge >= 0.3 is 6.18 Å². The van der Waals surface area contributed by atoms with Gasteiger partial charge in [-0.05, 0) is 18.6 Å². The van der Waals surface area contributed by atoms with Gasteiger partial charge in [0.25, 0.3) is 0 Å². The number of nitrogens with zero attached hydrogens (tertiary/aromatic N) is 1. The van der Waals surface area contributed by atoms with Crippen molar-refractivity contribution in [1.82, 2.24) is 5.16 Å². The Hall–Kier alpha value is -1.96. The molecule has 4 nitrogen and oxygen atoms in total. The second kappa shape index (κ2) is 7.54. The average molecular weight is 344 g/mol. The molecule has 23 heavy (non-hydrogen) atoms. The first kappa shape index (κ1) is 17.4. The maximum atomic E-state index is 12.6. The molecule has 124 valence electrons. The molecule has 1 N–H and O–H groups in total. The van der Waals surface area contributed by atoms with Gasteiger partial charge < -0.3 is 9.84 Å². The lowest BCUT2D eigenvalue weighted by molar-refractivity contribution is -0.137. The van der Waals surface area contributed by atoms with E-state index in [9.17, 15) is 18.0 Å². The summed E-state index contributed by atoms with van der Waals surface area (Å²) in [5, 5.41) is 6.23. The summed E-state index contributed by atoms with van der Waals surface area (Å²) < 4.78 is 42.6. The van der Waals surface area contributed by atoms with Crippen LogP contribution in [0.4, 0.5) is 19.0 Å². The molecule has 0 atom stereocenters. The van der Waals surface area contributed by atoms with Crippen molar-refractivity contribution in [3.05, 3.63) is 47.2 Å². The second-order valence-corrected chi connectivity index (χ2v) is 5.98. The maximum Gasteiger partial charge on any atom is 0.416 e. The second-order valence-electron chi connectivity index (χ2n) is 4.87. The summed E-state index contributed by atoms with van der Waals surface area (Å²) in [5.74, 6) is 1.66. The van der Waals surface area contributed by atoms with Crippen molar-refractivity contribution in [1.29, 1.82) is 0 Å². The largest absolute Gasteiger partial charge is 0.416 e. The monoisotopic (exact) mass is 344 g/mol. The lowest BCUT2D eigenvalue weighted by atomic mass is 10.1. The third kappa shape index (κ3) is 5.63. The van der Waals surface area contributed by atoms with Crippen molar-refractivity contribution in [3.8, 4) is 0 Å².